The summed E-state index contributed by atoms with van der Waals surface area (Å²) < 4.78 is 60.7. The predicted octanol–water partition coefficient (Wildman–Crippen LogP) is 7.92. The molecule has 8 heterocycles. The van der Waals surface area contributed by atoms with Crippen LogP contribution < -0.4 is 30.7 Å². The summed E-state index contributed by atoms with van der Waals surface area (Å²) in [5, 5.41) is 16.1. The number of alkyl carbamates (subject to hydrolysis) is 1. The van der Waals surface area contributed by atoms with Crippen LogP contribution in [-0.4, -0.2) is 143 Å². The van der Waals surface area contributed by atoms with Crippen LogP contribution in [0.5, 0.6) is 0 Å². The number of anilines is 3. The molecule has 4 saturated heterocycles. The van der Waals surface area contributed by atoms with E-state index in [4.69, 9.17) is 60.3 Å². The zero-order valence-electron chi connectivity index (χ0n) is 45.8. The second kappa shape index (κ2) is 25.0. The molecule has 0 unspecified atom stereocenters. The second-order valence-corrected chi connectivity index (χ2v) is 26.4. The average molecular weight is 1200 g/mol. The van der Waals surface area contributed by atoms with E-state index in [1.807, 2.05) is 46.9 Å². The van der Waals surface area contributed by atoms with E-state index in [1.54, 1.807) is 43.2 Å². The van der Waals surface area contributed by atoms with Crippen molar-refractivity contribution >= 4 is 101 Å². The van der Waals surface area contributed by atoms with E-state index in [9.17, 15) is 31.2 Å². The summed E-state index contributed by atoms with van der Waals surface area (Å²) in [5.41, 5.74) is 11.3. The monoisotopic (exact) mass is 1200 g/mol. The van der Waals surface area contributed by atoms with Gasteiger partial charge >= 0.3 is 6.09 Å². The number of ether oxygens (including phenoxy) is 1. The van der Waals surface area contributed by atoms with Crippen molar-refractivity contribution in [2.75, 3.05) is 66.1 Å². The van der Waals surface area contributed by atoms with Gasteiger partial charge in [0.05, 0.1) is 70.9 Å². The summed E-state index contributed by atoms with van der Waals surface area (Å²) in [6.45, 7) is 14.0. The number of imidazole rings is 2. The molecule has 4 aliphatic rings. The maximum Gasteiger partial charge on any atom is 0.407 e. The van der Waals surface area contributed by atoms with Crippen molar-refractivity contribution in [3.63, 3.8) is 0 Å². The van der Waals surface area contributed by atoms with E-state index in [2.05, 4.69) is 30.1 Å². The number of nitrogens with zero attached hydrogens (tertiary/aromatic N) is 9. The third-order valence-electron chi connectivity index (χ3n) is 13.8. The number of amides is 3. The van der Waals surface area contributed by atoms with Crippen LogP contribution in [0.15, 0.2) is 60.9 Å². The highest BCUT2D eigenvalue weighted by molar-refractivity contribution is 7.92. The van der Waals surface area contributed by atoms with E-state index in [0.717, 1.165) is 118 Å². The van der Waals surface area contributed by atoms with Gasteiger partial charge in [-0.3, -0.25) is 19.0 Å². The lowest BCUT2D eigenvalue weighted by atomic mass is 9.98. The van der Waals surface area contributed by atoms with Gasteiger partial charge in [0, 0.05) is 54.9 Å². The minimum atomic E-state index is -3.58. The smallest absolute Gasteiger partial charge is 0.407 e. The first kappa shape index (κ1) is 60.1. The fourth-order valence-electron chi connectivity index (χ4n) is 10.2. The van der Waals surface area contributed by atoms with Crippen LogP contribution in [0.4, 0.5) is 22.0 Å². The largest absolute Gasteiger partial charge is 0.444 e. The highest BCUT2D eigenvalue weighted by Crippen LogP contribution is 2.37. The summed E-state index contributed by atoms with van der Waals surface area (Å²) in [6.07, 6.45) is 12.4. The highest BCUT2D eigenvalue weighted by atomic mass is 35.5. The number of carbonyl (C=O) groups excluding carboxylic acids is 3. The Balaban J connectivity index is 0.000000174. The molecule has 2 aromatic carbocycles. The fraction of sp³-hybridized carbons (Fsp3) is 0.491. The number of aromatic nitrogens is 6. The number of halogens is 3. The van der Waals surface area contributed by atoms with Gasteiger partial charge in [-0.05, 0) is 152 Å². The van der Waals surface area contributed by atoms with Crippen LogP contribution in [0.1, 0.15) is 127 Å². The first-order chi connectivity index (χ1) is 37.7. The molecule has 4 aromatic heterocycles. The first-order valence-electron chi connectivity index (χ1n) is 26.5. The van der Waals surface area contributed by atoms with E-state index in [0.29, 0.717) is 39.6 Å². The SMILES string of the molecule is CC(C)(C)OC(=O)N[C@H]1CCNC1.Cc1cc(Cl)nn2cc([C@@H]3CCCCN3C(=O)c3cc(Cl)ccc3NS(C)(=O)=O)nc12.Cc1cc(N2CC[C@H](N)C2)nn2cc([C@@H]3CCCCN3C(=O)c3cc(Cl)ccc3NS(C)(=O)=O)nc12. The van der Waals surface area contributed by atoms with E-state index in [-0.39, 0.29) is 64.6 Å². The standard InChI is InChI=1S/C24H30ClN7O3S.C20H21Cl2N5O3S.C9H18N2O2/c1-15-11-22(30-10-8-17(26)13-30)28-32-14-20(27-23(15)32)21-5-3-4-9-31(21)24(33)18-12-16(25)6-7-19(18)29-36(2,34)35;1-12-9-18(22)24-27-11-16(23-19(12)27)17-5-3-4-8-26(17)20(28)14-10-13(21)6-7-15(14)25-31(2,29)30;1-9(2,3)13-8(12)11-7-4-5-10-6-7/h6-7,11-12,14,17,21,29H,3-5,8-10,13,26H2,1-2H3;6-7,9-11,17,25H,3-5,8H2,1-2H3;7,10H,4-6H2,1-3H3,(H,11,12)/t17-,21-;17-;7-/m000/s1. The number of sulfonamides is 2. The van der Waals surface area contributed by atoms with Crippen LogP contribution in [0.25, 0.3) is 11.3 Å². The molecule has 6 aromatic rings. The molecular weight excluding hydrogens is 1130 g/mol. The molecule has 0 radical (unpaired) electrons. The Morgan fingerprint density at radius 2 is 1.21 bits per heavy atom. The van der Waals surface area contributed by atoms with E-state index in [1.165, 1.54) is 24.3 Å². The number of fused-ring (bicyclic) bond motifs is 2. The molecule has 0 saturated carbocycles. The molecule has 0 bridgehead atoms. The van der Waals surface area contributed by atoms with Crippen molar-refractivity contribution in [3.05, 3.63) is 110 Å². The molecular formula is C53H69Cl3N14O8S2. The maximum absolute atomic E-state index is 13.7. The second-order valence-electron chi connectivity index (χ2n) is 21.7. The molecule has 432 valence electrons. The Hall–Kier alpha value is -6.02. The number of aryl methyl sites for hydroxylation is 2. The zero-order chi connectivity index (χ0) is 57.8. The van der Waals surface area contributed by atoms with Crippen LogP contribution in [0, 0.1) is 13.8 Å². The Labute approximate surface area is 481 Å². The number of benzene rings is 2. The molecule has 80 heavy (non-hydrogen) atoms. The van der Waals surface area contributed by atoms with Crippen molar-refractivity contribution in [1.82, 2.24) is 49.6 Å². The number of nitrogens with one attached hydrogen (secondary N) is 4. The van der Waals surface area contributed by atoms with Crippen molar-refractivity contribution < 1.29 is 36.0 Å². The van der Waals surface area contributed by atoms with Gasteiger partial charge in [0.25, 0.3) is 11.8 Å². The van der Waals surface area contributed by atoms with Crippen LogP contribution in [0.2, 0.25) is 15.2 Å². The van der Waals surface area contributed by atoms with Crippen molar-refractivity contribution in [2.45, 2.75) is 116 Å². The minimum absolute atomic E-state index is 0.150. The van der Waals surface area contributed by atoms with Crippen LogP contribution in [0.3, 0.4) is 0 Å². The Morgan fingerprint density at radius 3 is 1.68 bits per heavy atom. The predicted molar refractivity (Wildman–Crippen MR) is 311 cm³/mol. The number of nitrogens with two attached hydrogens (primary N) is 1. The molecule has 0 aliphatic carbocycles. The number of carbonyl (C=O) groups is 3. The quantitative estimate of drug-likeness (QED) is 0.0871. The summed E-state index contributed by atoms with van der Waals surface area (Å²) in [4.78, 5) is 53.8. The van der Waals surface area contributed by atoms with Crippen molar-refractivity contribution in [3.8, 4) is 0 Å². The van der Waals surface area contributed by atoms with Gasteiger partial charge in [0.1, 0.15) is 16.6 Å². The van der Waals surface area contributed by atoms with Gasteiger partial charge in [-0.15, -0.1) is 5.10 Å². The lowest BCUT2D eigenvalue weighted by molar-refractivity contribution is 0.0507. The third kappa shape index (κ3) is 15.5. The van der Waals surface area contributed by atoms with Gasteiger partial charge in [0.15, 0.2) is 11.3 Å². The summed E-state index contributed by atoms with van der Waals surface area (Å²) in [7, 11) is -7.15. The topological polar surface area (TPSA) is 273 Å². The fourth-order valence-corrected chi connectivity index (χ4v) is 11.9. The number of rotatable bonds is 10. The Kier molecular flexibility index (Phi) is 18.8. The lowest BCUT2D eigenvalue weighted by Crippen LogP contribution is -2.40. The van der Waals surface area contributed by atoms with Gasteiger partial charge in [0.2, 0.25) is 20.0 Å². The first-order valence-corrected chi connectivity index (χ1v) is 31.4. The summed E-state index contributed by atoms with van der Waals surface area (Å²) >= 11 is 18.4. The number of piperidine rings is 2. The lowest BCUT2D eigenvalue weighted by Gasteiger charge is -2.35. The molecule has 4 fully saturated rings. The molecule has 0 spiro atoms. The van der Waals surface area contributed by atoms with E-state index < -0.39 is 25.6 Å². The molecule has 10 rings (SSSR count). The average Bonchev–Trinajstić information content (AvgIpc) is 4.29. The van der Waals surface area contributed by atoms with Gasteiger partial charge in [-0.1, -0.05) is 34.8 Å². The number of hydrogen-bond donors (Lipinski definition) is 5. The van der Waals surface area contributed by atoms with Gasteiger partial charge in [-0.25, -0.2) is 40.6 Å². The molecule has 6 N–H and O–H groups in total. The normalized spacial score (nSPS) is 19.7. The summed E-state index contributed by atoms with van der Waals surface area (Å²) in [5.74, 6) is 0.267. The Bertz CT molecular complexity index is 3500. The molecule has 3 amide bonds. The maximum atomic E-state index is 13.7. The van der Waals surface area contributed by atoms with Crippen molar-refractivity contribution in [2.24, 2.45) is 5.73 Å². The van der Waals surface area contributed by atoms with Gasteiger partial charge < -0.3 is 35.8 Å². The number of likely N-dealkylation sites (tertiary alicyclic amines) is 2. The molecule has 4 atom stereocenters. The Morgan fingerprint density at radius 1 is 0.700 bits per heavy atom. The van der Waals surface area contributed by atoms with Crippen molar-refractivity contribution in [1.29, 1.82) is 0 Å². The number of hydrogen-bond acceptors (Lipinski definition) is 15. The molecule has 27 heteroatoms. The molecule has 22 nitrogen and oxygen atoms in total. The summed E-state index contributed by atoms with van der Waals surface area (Å²) in [6, 6.07) is 12.7. The van der Waals surface area contributed by atoms with E-state index >= 15 is 0 Å². The zero-order valence-corrected chi connectivity index (χ0v) is 49.7. The van der Waals surface area contributed by atoms with Crippen LogP contribution in [-0.2, 0) is 24.8 Å². The highest BCUT2D eigenvalue weighted by Gasteiger charge is 2.35. The third-order valence-corrected chi connectivity index (χ3v) is 15.6. The van der Waals surface area contributed by atoms with Crippen LogP contribution >= 0.6 is 34.8 Å². The van der Waals surface area contributed by atoms with Gasteiger partial charge in [-0.2, -0.15) is 5.10 Å². The minimum Gasteiger partial charge on any atom is -0.444 e. The molecule has 4 aliphatic heterocycles.